The number of hydrogen-bond donors (Lipinski definition) is 1. The fraction of sp³-hybridized carbons (Fsp3) is 0.533. The van der Waals surface area contributed by atoms with Crippen molar-refractivity contribution in [3.05, 3.63) is 29.8 Å². The number of hydrogen-bond acceptors (Lipinski definition) is 5. The molecule has 1 unspecified atom stereocenters. The standard InChI is InChI=1S/C15H21N5S/c1-11(16-2)13-9-5-6-10-14(13)21-15-17-18-19-20(15)12-7-3-4-8-12/h5-6,9-12,16H,3-4,7-8H2,1-2H3. The van der Waals surface area contributed by atoms with Crippen molar-refractivity contribution in [2.45, 2.75) is 54.7 Å². The van der Waals surface area contributed by atoms with Crippen molar-refractivity contribution >= 4 is 11.8 Å². The van der Waals surface area contributed by atoms with Gasteiger partial charge in [0.05, 0.1) is 6.04 Å². The average molecular weight is 303 g/mol. The monoisotopic (exact) mass is 303 g/mol. The number of nitrogens with zero attached hydrogens (tertiary/aromatic N) is 4. The van der Waals surface area contributed by atoms with Crippen LogP contribution in [0.25, 0.3) is 0 Å². The first-order valence-corrected chi connectivity index (χ1v) is 8.33. The van der Waals surface area contributed by atoms with Crippen LogP contribution in [-0.4, -0.2) is 27.3 Å². The minimum Gasteiger partial charge on any atom is -0.313 e. The van der Waals surface area contributed by atoms with E-state index in [1.165, 1.54) is 36.1 Å². The third kappa shape index (κ3) is 3.11. The van der Waals surface area contributed by atoms with Crippen molar-refractivity contribution in [2.75, 3.05) is 7.05 Å². The quantitative estimate of drug-likeness (QED) is 0.919. The molecule has 0 bridgehead atoms. The van der Waals surface area contributed by atoms with Crippen LogP contribution >= 0.6 is 11.8 Å². The van der Waals surface area contributed by atoms with Gasteiger partial charge in [0, 0.05) is 10.9 Å². The molecule has 1 aliphatic carbocycles. The van der Waals surface area contributed by atoms with Gasteiger partial charge in [-0.2, -0.15) is 0 Å². The van der Waals surface area contributed by atoms with Crippen LogP contribution in [0.3, 0.4) is 0 Å². The highest BCUT2D eigenvalue weighted by molar-refractivity contribution is 7.99. The van der Waals surface area contributed by atoms with E-state index in [1.807, 2.05) is 11.7 Å². The fourth-order valence-electron chi connectivity index (χ4n) is 2.82. The van der Waals surface area contributed by atoms with Gasteiger partial charge in [-0.3, -0.25) is 0 Å². The minimum absolute atomic E-state index is 0.310. The molecule has 1 N–H and O–H groups in total. The van der Waals surface area contributed by atoms with Crippen LogP contribution in [0.15, 0.2) is 34.3 Å². The molecule has 112 valence electrons. The first kappa shape index (κ1) is 14.5. The number of benzene rings is 1. The lowest BCUT2D eigenvalue weighted by Gasteiger charge is -2.16. The molecule has 1 fully saturated rings. The Morgan fingerprint density at radius 2 is 2.05 bits per heavy atom. The Hall–Kier alpha value is -1.40. The predicted octanol–water partition coefficient (Wildman–Crippen LogP) is 3.22. The molecule has 3 rings (SSSR count). The molecule has 1 heterocycles. The van der Waals surface area contributed by atoms with Gasteiger partial charge in [-0.15, -0.1) is 5.10 Å². The summed E-state index contributed by atoms with van der Waals surface area (Å²) in [6.07, 6.45) is 4.93. The summed E-state index contributed by atoms with van der Waals surface area (Å²) in [5.74, 6) is 0. The van der Waals surface area contributed by atoms with Gasteiger partial charge in [0.25, 0.3) is 0 Å². The Labute approximate surface area is 129 Å². The van der Waals surface area contributed by atoms with Crippen LogP contribution in [0, 0.1) is 0 Å². The number of aromatic nitrogens is 4. The molecule has 21 heavy (non-hydrogen) atoms. The number of tetrazole rings is 1. The van der Waals surface area contributed by atoms with Crippen LogP contribution in [-0.2, 0) is 0 Å². The molecule has 1 aromatic heterocycles. The maximum atomic E-state index is 4.23. The minimum atomic E-state index is 0.310. The zero-order valence-corrected chi connectivity index (χ0v) is 13.3. The fourth-order valence-corrected chi connectivity index (χ4v) is 3.88. The van der Waals surface area contributed by atoms with Crippen LogP contribution in [0.4, 0.5) is 0 Å². The lowest BCUT2D eigenvalue weighted by Crippen LogP contribution is -2.13. The van der Waals surface area contributed by atoms with E-state index in [1.54, 1.807) is 11.8 Å². The summed E-state index contributed by atoms with van der Waals surface area (Å²) in [5.41, 5.74) is 1.28. The summed E-state index contributed by atoms with van der Waals surface area (Å²) >= 11 is 1.66. The highest BCUT2D eigenvalue weighted by Gasteiger charge is 2.22. The molecule has 2 aromatic rings. The van der Waals surface area contributed by atoms with Crippen LogP contribution in [0.2, 0.25) is 0 Å². The van der Waals surface area contributed by atoms with Crippen molar-refractivity contribution in [1.82, 2.24) is 25.5 Å². The Morgan fingerprint density at radius 1 is 1.29 bits per heavy atom. The maximum absolute atomic E-state index is 4.23. The SMILES string of the molecule is CNC(C)c1ccccc1Sc1nnnn1C1CCCC1. The first-order chi connectivity index (χ1) is 10.3. The summed E-state index contributed by atoms with van der Waals surface area (Å²) in [4.78, 5) is 1.22. The second kappa shape index (κ2) is 6.58. The number of nitrogens with one attached hydrogen (secondary N) is 1. The molecule has 1 aromatic carbocycles. The van der Waals surface area contributed by atoms with E-state index < -0.39 is 0 Å². The maximum Gasteiger partial charge on any atom is 0.214 e. The molecule has 0 aliphatic heterocycles. The molecule has 0 saturated heterocycles. The van der Waals surface area contributed by atoms with Gasteiger partial charge in [0.15, 0.2) is 0 Å². The predicted molar refractivity (Wildman–Crippen MR) is 83.4 cm³/mol. The van der Waals surface area contributed by atoms with Gasteiger partial charge in [-0.1, -0.05) is 31.0 Å². The van der Waals surface area contributed by atoms with E-state index in [-0.39, 0.29) is 0 Å². The molecular formula is C15H21N5S. The topological polar surface area (TPSA) is 55.6 Å². The highest BCUT2D eigenvalue weighted by Crippen LogP contribution is 2.36. The summed E-state index contributed by atoms with van der Waals surface area (Å²) in [7, 11) is 1.98. The van der Waals surface area contributed by atoms with Crippen LogP contribution < -0.4 is 5.32 Å². The molecular weight excluding hydrogens is 282 g/mol. The summed E-state index contributed by atoms with van der Waals surface area (Å²) < 4.78 is 2.01. The molecule has 1 atom stereocenters. The third-order valence-electron chi connectivity index (χ3n) is 4.15. The van der Waals surface area contributed by atoms with E-state index in [0.29, 0.717) is 12.1 Å². The van der Waals surface area contributed by atoms with Crippen LogP contribution in [0.5, 0.6) is 0 Å². The highest BCUT2D eigenvalue weighted by atomic mass is 32.2. The Morgan fingerprint density at radius 3 is 2.81 bits per heavy atom. The van der Waals surface area contributed by atoms with E-state index in [9.17, 15) is 0 Å². The first-order valence-electron chi connectivity index (χ1n) is 7.51. The number of rotatable bonds is 5. The molecule has 1 saturated carbocycles. The largest absolute Gasteiger partial charge is 0.313 e. The zero-order valence-electron chi connectivity index (χ0n) is 12.5. The molecule has 0 radical (unpaired) electrons. The van der Waals surface area contributed by atoms with Gasteiger partial charge in [-0.05, 0) is 60.6 Å². The molecule has 5 nitrogen and oxygen atoms in total. The third-order valence-corrected chi connectivity index (χ3v) is 5.20. The molecule has 1 aliphatic rings. The van der Waals surface area contributed by atoms with Crippen molar-refractivity contribution in [1.29, 1.82) is 0 Å². The van der Waals surface area contributed by atoms with E-state index in [0.717, 1.165) is 5.16 Å². The lowest BCUT2D eigenvalue weighted by molar-refractivity contribution is 0.423. The van der Waals surface area contributed by atoms with E-state index in [4.69, 9.17) is 0 Å². The second-order valence-electron chi connectivity index (χ2n) is 5.49. The van der Waals surface area contributed by atoms with E-state index >= 15 is 0 Å². The summed E-state index contributed by atoms with van der Waals surface area (Å²) in [5, 5.41) is 16.5. The lowest BCUT2D eigenvalue weighted by atomic mass is 10.1. The second-order valence-corrected chi connectivity index (χ2v) is 6.50. The molecule has 6 heteroatoms. The van der Waals surface area contributed by atoms with Gasteiger partial charge < -0.3 is 5.32 Å². The summed E-state index contributed by atoms with van der Waals surface area (Å²) in [6.45, 7) is 2.17. The van der Waals surface area contributed by atoms with Gasteiger partial charge in [0.2, 0.25) is 5.16 Å². The van der Waals surface area contributed by atoms with Crippen LogP contribution in [0.1, 0.15) is 50.3 Å². The summed E-state index contributed by atoms with van der Waals surface area (Å²) in [6, 6.07) is 9.22. The van der Waals surface area contributed by atoms with Crippen molar-refractivity contribution in [3.8, 4) is 0 Å². The molecule has 0 amide bonds. The Balaban J connectivity index is 1.86. The van der Waals surface area contributed by atoms with Crippen molar-refractivity contribution in [2.24, 2.45) is 0 Å². The Bertz CT molecular complexity index is 591. The zero-order chi connectivity index (χ0) is 14.7. The van der Waals surface area contributed by atoms with Gasteiger partial charge >= 0.3 is 0 Å². The van der Waals surface area contributed by atoms with E-state index in [2.05, 4.69) is 52.0 Å². The Kier molecular flexibility index (Phi) is 4.55. The smallest absolute Gasteiger partial charge is 0.214 e. The molecule has 0 spiro atoms. The normalized spacial score (nSPS) is 17.2. The van der Waals surface area contributed by atoms with Gasteiger partial charge in [-0.25, -0.2) is 4.68 Å². The average Bonchev–Trinajstić information content (AvgIpc) is 3.17. The van der Waals surface area contributed by atoms with Gasteiger partial charge in [0.1, 0.15) is 0 Å². The van der Waals surface area contributed by atoms with Crippen molar-refractivity contribution < 1.29 is 0 Å². The van der Waals surface area contributed by atoms with Crippen molar-refractivity contribution in [3.63, 3.8) is 0 Å².